The lowest BCUT2D eigenvalue weighted by Gasteiger charge is -2.43. The molecule has 3 atom stereocenters. The molecule has 2 aliphatic rings. The second-order valence-electron chi connectivity index (χ2n) is 8.43. The van der Waals surface area contributed by atoms with E-state index in [1.165, 1.54) is 18.2 Å². The lowest BCUT2D eigenvalue weighted by atomic mass is 9.72. The van der Waals surface area contributed by atoms with Crippen molar-refractivity contribution >= 4 is 5.91 Å². The van der Waals surface area contributed by atoms with Crippen molar-refractivity contribution in [1.82, 2.24) is 10.2 Å². The summed E-state index contributed by atoms with van der Waals surface area (Å²) in [6.45, 7) is 4.96. The SMILES string of the molecule is CC1CN(C(=O)[C@H](c2cccc(OC(F)(F)F)c2)C2(O)CCCCC2)C[C@H](C)N1. The van der Waals surface area contributed by atoms with Gasteiger partial charge in [-0.2, -0.15) is 0 Å². The molecule has 5 nitrogen and oxygen atoms in total. The summed E-state index contributed by atoms with van der Waals surface area (Å²) in [5, 5.41) is 14.8. The van der Waals surface area contributed by atoms with Crippen LogP contribution in [0.4, 0.5) is 13.2 Å². The number of amides is 1. The molecule has 1 saturated heterocycles. The van der Waals surface area contributed by atoms with Crippen LogP contribution in [0.5, 0.6) is 5.75 Å². The maximum absolute atomic E-state index is 13.6. The minimum absolute atomic E-state index is 0.101. The van der Waals surface area contributed by atoms with Gasteiger partial charge in [-0.05, 0) is 44.4 Å². The van der Waals surface area contributed by atoms with E-state index >= 15 is 0 Å². The fourth-order valence-electron chi connectivity index (χ4n) is 4.72. The lowest BCUT2D eigenvalue weighted by molar-refractivity contribution is -0.274. The topological polar surface area (TPSA) is 61.8 Å². The average Bonchev–Trinajstić information content (AvgIpc) is 2.60. The number of carbonyl (C=O) groups is 1. The number of nitrogens with zero attached hydrogens (tertiary/aromatic N) is 1. The average molecular weight is 414 g/mol. The highest BCUT2D eigenvalue weighted by Crippen LogP contribution is 2.42. The molecular formula is C21H29F3N2O3. The zero-order valence-electron chi connectivity index (χ0n) is 16.8. The van der Waals surface area contributed by atoms with E-state index in [1.54, 1.807) is 11.0 Å². The van der Waals surface area contributed by atoms with Gasteiger partial charge in [-0.25, -0.2) is 0 Å². The first kappa shape index (κ1) is 21.9. The predicted octanol–water partition coefficient (Wildman–Crippen LogP) is 3.57. The van der Waals surface area contributed by atoms with E-state index in [-0.39, 0.29) is 23.7 Å². The van der Waals surface area contributed by atoms with Crippen LogP contribution >= 0.6 is 0 Å². The van der Waals surface area contributed by atoms with Gasteiger partial charge in [0.2, 0.25) is 5.91 Å². The van der Waals surface area contributed by atoms with Crippen molar-refractivity contribution in [2.24, 2.45) is 0 Å². The number of rotatable bonds is 4. The second kappa shape index (κ2) is 8.52. The Morgan fingerprint density at radius 3 is 2.41 bits per heavy atom. The van der Waals surface area contributed by atoms with E-state index in [0.29, 0.717) is 31.5 Å². The smallest absolute Gasteiger partial charge is 0.406 e. The van der Waals surface area contributed by atoms with E-state index in [1.807, 2.05) is 13.8 Å². The minimum atomic E-state index is -4.82. The van der Waals surface area contributed by atoms with Crippen LogP contribution in [-0.2, 0) is 4.79 Å². The summed E-state index contributed by atoms with van der Waals surface area (Å²) in [4.78, 5) is 15.3. The quantitative estimate of drug-likeness (QED) is 0.791. The highest BCUT2D eigenvalue weighted by molar-refractivity contribution is 5.85. The molecule has 1 saturated carbocycles. The summed E-state index contributed by atoms with van der Waals surface area (Å²) in [5.74, 6) is -1.54. The monoisotopic (exact) mass is 414 g/mol. The van der Waals surface area contributed by atoms with E-state index < -0.39 is 17.9 Å². The van der Waals surface area contributed by atoms with Gasteiger partial charge in [0.15, 0.2) is 0 Å². The molecule has 3 rings (SSSR count). The number of benzene rings is 1. The molecular weight excluding hydrogens is 385 g/mol. The molecule has 1 aliphatic heterocycles. The maximum Gasteiger partial charge on any atom is 0.573 e. The van der Waals surface area contributed by atoms with E-state index in [2.05, 4.69) is 10.1 Å². The summed E-state index contributed by atoms with van der Waals surface area (Å²) in [5.41, 5.74) is -0.913. The Hall–Kier alpha value is -1.80. The summed E-state index contributed by atoms with van der Waals surface area (Å²) in [6.07, 6.45) is -1.37. The number of nitrogens with one attached hydrogen (secondary N) is 1. The van der Waals surface area contributed by atoms with Crippen LogP contribution in [0.2, 0.25) is 0 Å². The number of aliphatic hydroxyl groups is 1. The van der Waals surface area contributed by atoms with Gasteiger partial charge in [-0.1, -0.05) is 31.4 Å². The Bertz CT molecular complexity index is 709. The molecule has 162 valence electrons. The van der Waals surface area contributed by atoms with Gasteiger partial charge in [0.25, 0.3) is 0 Å². The number of piperazine rings is 1. The first-order valence-corrected chi connectivity index (χ1v) is 10.2. The highest BCUT2D eigenvalue weighted by Gasteiger charge is 2.45. The molecule has 0 radical (unpaired) electrons. The van der Waals surface area contributed by atoms with Gasteiger partial charge < -0.3 is 20.1 Å². The molecule has 8 heteroatoms. The fourth-order valence-corrected chi connectivity index (χ4v) is 4.72. The number of ether oxygens (including phenoxy) is 1. The summed E-state index contributed by atoms with van der Waals surface area (Å²) in [7, 11) is 0. The summed E-state index contributed by atoms with van der Waals surface area (Å²) < 4.78 is 42.1. The molecule has 1 aromatic carbocycles. The number of alkyl halides is 3. The van der Waals surface area contributed by atoms with Crippen LogP contribution in [0.1, 0.15) is 57.4 Å². The Morgan fingerprint density at radius 2 is 1.83 bits per heavy atom. The molecule has 29 heavy (non-hydrogen) atoms. The highest BCUT2D eigenvalue weighted by atomic mass is 19.4. The predicted molar refractivity (Wildman–Crippen MR) is 103 cm³/mol. The third kappa shape index (κ3) is 5.42. The fraction of sp³-hybridized carbons (Fsp3) is 0.667. The Kier molecular flexibility index (Phi) is 6.43. The summed E-state index contributed by atoms with van der Waals surface area (Å²) >= 11 is 0. The molecule has 2 fully saturated rings. The van der Waals surface area contributed by atoms with Gasteiger partial charge >= 0.3 is 6.36 Å². The third-order valence-corrected chi connectivity index (χ3v) is 5.80. The van der Waals surface area contributed by atoms with Crippen molar-refractivity contribution in [1.29, 1.82) is 0 Å². The van der Waals surface area contributed by atoms with Crippen molar-refractivity contribution in [3.05, 3.63) is 29.8 Å². The Labute approximate surface area is 169 Å². The number of hydrogen-bond acceptors (Lipinski definition) is 4. The van der Waals surface area contributed by atoms with Crippen molar-refractivity contribution < 1.29 is 27.8 Å². The molecule has 0 aromatic heterocycles. The van der Waals surface area contributed by atoms with Gasteiger partial charge in [-0.3, -0.25) is 4.79 Å². The van der Waals surface area contributed by atoms with Crippen LogP contribution < -0.4 is 10.1 Å². The minimum Gasteiger partial charge on any atom is -0.406 e. The number of carbonyl (C=O) groups excluding carboxylic acids is 1. The van der Waals surface area contributed by atoms with Gasteiger partial charge in [0.05, 0.1) is 11.5 Å². The zero-order valence-corrected chi connectivity index (χ0v) is 16.8. The van der Waals surface area contributed by atoms with Crippen LogP contribution in [0, 0.1) is 0 Å². The number of halogens is 3. The molecule has 1 heterocycles. The van der Waals surface area contributed by atoms with Crippen LogP contribution in [0.25, 0.3) is 0 Å². The lowest BCUT2D eigenvalue weighted by Crippen LogP contribution is -2.58. The van der Waals surface area contributed by atoms with Gasteiger partial charge in [-0.15, -0.1) is 13.2 Å². The van der Waals surface area contributed by atoms with Crippen LogP contribution in [-0.4, -0.2) is 53.1 Å². The molecule has 1 aliphatic carbocycles. The first-order chi connectivity index (χ1) is 13.6. The molecule has 1 amide bonds. The van der Waals surface area contributed by atoms with Crippen molar-refractivity contribution in [3.63, 3.8) is 0 Å². The first-order valence-electron chi connectivity index (χ1n) is 10.2. The molecule has 0 spiro atoms. The standard InChI is InChI=1S/C21H29F3N2O3/c1-14-12-26(13-15(2)25-14)19(27)18(20(28)9-4-3-5-10-20)16-7-6-8-17(11-16)29-21(22,23)24/h6-8,11,14-15,18,25,28H,3-5,9-10,12-13H2,1-2H3/t14-,15?,18-/m0/s1. The summed E-state index contributed by atoms with van der Waals surface area (Å²) in [6, 6.07) is 5.68. The number of hydrogen-bond donors (Lipinski definition) is 2. The maximum atomic E-state index is 13.6. The van der Waals surface area contributed by atoms with E-state index in [4.69, 9.17) is 0 Å². The molecule has 1 aromatic rings. The molecule has 0 bridgehead atoms. The Morgan fingerprint density at radius 1 is 1.21 bits per heavy atom. The molecule has 2 N–H and O–H groups in total. The van der Waals surface area contributed by atoms with Gasteiger partial charge in [0, 0.05) is 25.2 Å². The van der Waals surface area contributed by atoms with E-state index in [9.17, 15) is 23.1 Å². The van der Waals surface area contributed by atoms with Crippen molar-refractivity contribution in [2.75, 3.05) is 13.1 Å². The van der Waals surface area contributed by atoms with Crippen molar-refractivity contribution in [3.8, 4) is 5.75 Å². The van der Waals surface area contributed by atoms with Crippen LogP contribution in [0.3, 0.4) is 0 Å². The third-order valence-electron chi connectivity index (χ3n) is 5.80. The van der Waals surface area contributed by atoms with Gasteiger partial charge in [0.1, 0.15) is 5.75 Å². The Balaban J connectivity index is 1.95. The zero-order chi connectivity index (χ0) is 21.2. The normalized spacial score (nSPS) is 26.1. The largest absolute Gasteiger partial charge is 0.573 e. The van der Waals surface area contributed by atoms with Crippen LogP contribution in [0.15, 0.2) is 24.3 Å². The second-order valence-corrected chi connectivity index (χ2v) is 8.43. The van der Waals surface area contributed by atoms with E-state index in [0.717, 1.165) is 19.3 Å². The van der Waals surface area contributed by atoms with Crippen molar-refractivity contribution in [2.45, 2.75) is 75.9 Å². The molecule has 1 unspecified atom stereocenters.